The van der Waals surface area contributed by atoms with Gasteiger partial charge in [0.05, 0.1) is 6.54 Å². The third-order valence-electron chi connectivity index (χ3n) is 4.92. The number of primary amides is 1. The van der Waals surface area contributed by atoms with Gasteiger partial charge in [0.2, 0.25) is 5.91 Å². The highest BCUT2D eigenvalue weighted by Crippen LogP contribution is 2.30. The number of hydrogen-bond acceptors (Lipinski definition) is 3. The van der Waals surface area contributed by atoms with Crippen LogP contribution in [0, 0.1) is 0 Å². The lowest BCUT2D eigenvalue weighted by Crippen LogP contribution is -2.40. The van der Waals surface area contributed by atoms with E-state index in [1.165, 1.54) is 10.5 Å². The molecule has 1 atom stereocenters. The highest BCUT2D eigenvalue weighted by Gasteiger charge is 2.48. The van der Waals surface area contributed by atoms with Gasteiger partial charge >= 0.3 is 6.03 Å². The van der Waals surface area contributed by atoms with Crippen molar-refractivity contribution in [2.75, 3.05) is 0 Å². The van der Waals surface area contributed by atoms with Crippen LogP contribution in [0.1, 0.15) is 47.3 Å². The van der Waals surface area contributed by atoms with Crippen molar-refractivity contribution in [1.82, 2.24) is 10.2 Å². The summed E-state index contributed by atoms with van der Waals surface area (Å²) in [6, 6.07) is 13.9. The van der Waals surface area contributed by atoms with Crippen molar-refractivity contribution in [3.05, 3.63) is 70.8 Å². The van der Waals surface area contributed by atoms with E-state index >= 15 is 0 Å². The van der Waals surface area contributed by atoms with Gasteiger partial charge in [-0.1, -0.05) is 49.7 Å². The van der Waals surface area contributed by atoms with Gasteiger partial charge in [-0.2, -0.15) is 0 Å². The number of urea groups is 1. The SMILES string of the molecule is CCCc1ccc([C@@]2(C)NC(=O)N(Cc3ccc(C(N)=O)cc3)C2=O)cc1. The van der Waals surface area contributed by atoms with Crippen LogP contribution in [0.4, 0.5) is 4.79 Å². The average molecular weight is 365 g/mol. The van der Waals surface area contributed by atoms with Gasteiger partial charge in [0.25, 0.3) is 5.91 Å². The van der Waals surface area contributed by atoms with Crippen LogP contribution in [0.2, 0.25) is 0 Å². The van der Waals surface area contributed by atoms with Crippen LogP contribution < -0.4 is 11.1 Å². The maximum atomic E-state index is 13.0. The molecule has 6 nitrogen and oxygen atoms in total. The number of rotatable bonds is 6. The van der Waals surface area contributed by atoms with Crippen molar-refractivity contribution < 1.29 is 14.4 Å². The number of benzene rings is 2. The summed E-state index contributed by atoms with van der Waals surface area (Å²) in [4.78, 5) is 37.8. The van der Waals surface area contributed by atoms with Gasteiger partial charge in [-0.05, 0) is 42.2 Å². The topological polar surface area (TPSA) is 92.5 Å². The number of carbonyl (C=O) groups excluding carboxylic acids is 3. The number of nitrogens with one attached hydrogen (secondary N) is 1. The Bertz CT molecular complexity index is 875. The molecule has 1 heterocycles. The zero-order chi connectivity index (χ0) is 19.6. The monoisotopic (exact) mass is 365 g/mol. The molecule has 27 heavy (non-hydrogen) atoms. The second kappa shape index (κ2) is 7.23. The molecule has 0 bridgehead atoms. The molecule has 0 saturated carbocycles. The molecule has 0 radical (unpaired) electrons. The van der Waals surface area contributed by atoms with E-state index in [0.29, 0.717) is 5.56 Å². The van der Waals surface area contributed by atoms with Crippen LogP contribution in [0.15, 0.2) is 48.5 Å². The Hall–Kier alpha value is -3.15. The summed E-state index contributed by atoms with van der Waals surface area (Å²) in [6.45, 7) is 3.97. The summed E-state index contributed by atoms with van der Waals surface area (Å²) in [5.41, 5.74) is 7.23. The molecule has 140 valence electrons. The van der Waals surface area contributed by atoms with Crippen molar-refractivity contribution in [3.63, 3.8) is 0 Å². The fourth-order valence-electron chi connectivity index (χ4n) is 3.29. The summed E-state index contributed by atoms with van der Waals surface area (Å²) in [5, 5.41) is 2.81. The lowest BCUT2D eigenvalue weighted by atomic mass is 9.91. The smallest absolute Gasteiger partial charge is 0.325 e. The maximum absolute atomic E-state index is 13.0. The molecule has 3 rings (SSSR count). The second-order valence-corrected chi connectivity index (χ2v) is 6.95. The van der Waals surface area contributed by atoms with Crippen LogP contribution in [0.25, 0.3) is 0 Å². The van der Waals surface area contributed by atoms with E-state index in [1.807, 2.05) is 24.3 Å². The largest absolute Gasteiger partial charge is 0.366 e. The fourth-order valence-corrected chi connectivity index (χ4v) is 3.29. The third kappa shape index (κ3) is 3.56. The molecule has 0 spiro atoms. The number of carbonyl (C=O) groups is 3. The van der Waals surface area contributed by atoms with Crippen LogP contribution in [-0.2, 0) is 23.3 Å². The first-order valence-corrected chi connectivity index (χ1v) is 8.97. The minimum Gasteiger partial charge on any atom is -0.366 e. The van der Waals surface area contributed by atoms with Gasteiger partial charge in [0, 0.05) is 5.56 Å². The van der Waals surface area contributed by atoms with Gasteiger partial charge in [0.1, 0.15) is 5.54 Å². The van der Waals surface area contributed by atoms with Crippen molar-refractivity contribution in [2.24, 2.45) is 5.73 Å². The molecule has 6 heteroatoms. The highest BCUT2D eigenvalue weighted by molar-refractivity contribution is 6.07. The Morgan fingerprint density at radius 1 is 1.04 bits per heavy atom. The molecule has 1 aliphatic rings. The molecule has 1 aliphatic heterocycles. The fraction of sp³-hybridized carbons (Fsp3) is 0.286. The van der Waals surface area contributed by atoms with E-state index in [4.69, 9.17) is 5.73 Å². The van der Waals surface area contributed by atoms with Gasteiger partial charge in [-0.3, -0.25) is 14.5 Å². The molecular formula is C21H23N3O3. The Morgan fingerprint density at radius 3 is 2.19 bits per heavy atom. The summed E-state index contributed by atoms with van der Waals surface area (Å²) in [6.07, 6.45) is 2.03. The van der Waals surface area contributed by atoms with Crippen molar-refractivity contribution in [3.8, 4) is 0 Å². The van der Waals surface area contributed by atoms with Crippen molar-refractivity contribution in [2.45, 2.75) is 38.8 Å². The third-order valence-corrected chi connectivity index (χ3v) is 4.92. The molecule has 2 aromatic rings. The maximum Gasteiger partial charge on any atom is 0.325 e. The first kappa shape index (κ1) is 18.6. The second-order valence-electron chi connectivity index (χ2n) is 6.95. The summed E-state index contributed by atoms with van der Waals surface area (Å²) in [5.74, 6) is -0.814. The Morgan fingerprint density at radius 2 is 1.63 bits per heavy atom. The van der Waals surface area contributed by atoms with E-state index in [9.17, 15) is 14.4 Å². The average Bonchev–Trinajstić information content (AvgIpc) is 2.87. The zero-order valence-electron chi connectivity index (χ0n) is 15.5. The molecule has 3 N–H and O–H groups in total. The van der Waals surface area contributed by atoms with Gasteiger partial charge in [-0.15, -0.1) is 0 Å². The quantitative estimate of drug-likeness (QED) is 0.771. The van der Waals surface area contributed by atoms with Gasteiger partial charge in [-0.25, -0.2) is 4.79 Å². The molecule has 1 saturated heterocycles. The van der Waals surface area contributed by atoms with E-state index in [1.54, 1.807) is 31.2 Å². The normalized spacial score (nSPS) is 19.3. The number of nitrogens with two attached hydrogens (primary N) is 1. The predicted molar refractivity (Wildman–Crippen MR) is 102 cm³/mol. The molecule has 4 amide bonds. The van der Waals surface area contributed by atoms with Crippen LogP contribution in [0.5, 0.6) is 0 Å². The molecule has 1 fully saturated rings. The van der Waals surface area contributed by atoms with E-state index in [0.717, 1.165) is 24.0 Å². The lowest BCUT2D eigenvalue weighted by Gasteiger charge is -2.22. The predicted octanol–water partition coefficient (Wildman–Crippen LogP) is 2.71. The van der Waals surface area contributed by atoms with E-state index < -0.39 is 17.5 Å². The van der Waals surface area contributed by atoms with Crippen molar-refractivity contribution >= 4 is 17.8 Å². The van der Waals surface area contributed by atoms with Gasteiger partial charge in [0.15, 0.2) is 0 Å². The number of amides is 4. The molecular weight excluding hydrogens is 342 g/mol. The Balaban J connectivity index is 1.80. The number of imide groups is 1. The molecule has 0 unspecified atom stereocenters. The number of aryl methyl sites for hydroxylation is 1. The summed E-state index contributed by atoms with van der Waals surface area (Å²) >= 11 is 0. The number of hydrogen-bond donors (Lipinski definition) is 2. The first-order chi connectivity index (χ1) is 12.8. The Labute approximate surface area is 158 Å². The standard InChI is InChI=1S/C21H23N3O3/c1-3-4-14-7-11-17(12-8-14)21(2)19(26)24(20(27)23-21)13-15-5-9-16(10-6-15)18(22)25/h5-12H,3-4,13H2,1-2H3,(H2,22,25)(H,23,27)/t21-/m1/s1. The van der Waals surface area contributed by atoms with Crippen molar-refractivity contribution in [1.29, 1.82) is 0 Å². The minimum absolute atomic E-state index is 0.132. The molecule has 0 aromatic heterocycles. The highest BCUT2D eigenvalue weighted by atomic mass is 16.2. The molecule has 0 aliphatic carbocycles. The lowest BCUT2D eigenvalue weighted by molar-refractivity contribution is -0.131. The Kier molecular flexibility index (Phi) is 4.99. The van der Waals surface area contributed by atoms with Crippen LogP contribution in [-0.4, -0.2) is 22.7 Å². The number of nitrogens with zero attached hydrogens (tertiary/aromatic N) is 1. The van der Waals surface area contributed by atoms with E-state index in [2.05, 4.69) is 12.2 Å². The molecule has 2 aromatic carbocycles. The first-order valence-electron chi connectivity index (χ1n) is 8.97. The zero-order valence-corrected chi connectivity index (χ0v) is 15.5. The van der Waals surface area contributed by atoms with Crippen LogP contribution in [0.3, 0.4) is 0 Å². The van der Waals surface area contributed by atoms with Crippen LogP contribution >= 0.6 is 0 Å². The van der Waals surface area contributed by atoms with E-state index in [-0.39, 0.29) is 12.5 Å². The summed E-state index contributed by atoms with van der Waals surface area (Å²) < 4.78 is 0. The summed E-state index contributed by atoms with van der Waals surface area (Å²) in [7, 11) is 0. The van der Waals surface area contributed by atoms with Gasteiger partial charge < -0.3 is 11.1 Å². The minimum atomic E-state index is -1.09.